The predicted octanol–water partition coefficient (Wildman–Crippen LogP) is 5.32. The summed E-state index contributed by atoms with van der Waals surface area (Å²) in [6.45, 7) is 7.92. The van der Waals surface area contributed by atoms with Crippen molar-refractivity contribution in [1.82, 2.24) is 10.2 Å². The van der Waals surface area contributed by atoms with Gasteiger partial charge in [0.25, 0.3) is 10.0 Å². The number of hydrogen-bond acceptors (Lipinski definition) is 6. The molecule has 43 heavy (non-hydrogen) atoms. The number of anilines is 1. The molecule has 0 fully saturated rings. The number of nitrogens with one attached hydrogen (secondary N) is 1. The van der Waals surface area contributed by atoms with Gasteiger partial charge in [-0.1, -0.05) is 62.2 Å². The summed E-state index contributed by atoms with van der Waals surface area (Å²) in [6.07, 6.45) is 2.07. The summed E-state index contributed by atoms with van der Waals surface area (Å²) >= 11 is 0. The van der Waals surface area contributed by atoms with Crippen molar-refractivity contribution in [2.24, 2.45) is 0 Å². The van der Waals surface area contributed by atoms with Crippen molar-refractivity contribution < 1.29 is 27.5 Å². The second-order valence-electron chi connectivity index (χ2n) is 10.2. The summed E-state index contributed by atoms with van der Waals surface area (Å²) in [5.74, 6) is 0.198. The zero-order valence-electron chi connectivity index (χ0n) is 25.7. The quantitative estimate of drug-likeness (QED) is 0.221. The first-order valence-electron chi connectivity index (χ1n) is 14.7. The Morgan fingerprint density at radius 1 is 0.930 bits per heavy atom. The molecule has 0 aliphatic heterocycles. The van der Waals surface area contributed by atoms with Gasteiger partial charge in [0, 0.05) is 13.1 Å². The molecule has 0 bridgehead atoms. The highest BCUT2D eigenvalue weighted by Gasteiger charge is 2.34. The molecule has 9 nitrogen and oxygen atoms in total. The van der Waals surface area contributed by atoms with Crippen LogP contribution in [0.3, 0.4) is 0 Å². The minimum Gasteiger partial charge on any atom is -0.497 e. The van der Waals surface area contributed by atoms with Crippen LogP contribution in [0.2, 0.25) is 0 Å². The number of para-hydroxylation sites is 2. The number of unbranched alkanes of at least 4 members (excludes halogenated alkanes) is 1. The van der Waals surface area contributed by atoms with E-state index < -0.39 is 28.5 Å². The number of carbonyl (C=O) groups is 2. The molecule has 0 saturated heterocycles. The third kappa shape index (κ3) is 8.73. The smallest absolute Gasteiger partial charge is 0.264 e. The molecule has 0 aliphatic carbocycles. The first-order chi connectivity index (χ1) is 20.7. The van der Waals surface area contributed by atoms with Gasteiger partial charge in [-0.2, -0.15) is 0 Å². The average molecular weight is 610 g/mol. The Bertz CT molecular complexity index is 1440. The van der Waals surface area contributed by atoms with Gasteiger partial charge in [0.05, 0.1) is 24.3 Å². The zero-order valence-corrected chi connectivity index (χ0v) is 26.5. The van der Waals surface area contributed by atoms with Crippen LogP contribution >= 0.6 is 0 Å². The van der Waals surface area contributed by atoms with Crippen molar-refractivity contribution in [1.29, 1.82) is 0 Å². The Balaban J connectivity index is 2.08. The van der Waals surface area contributed by atoms with E-state index in [1.807, 2.05) is 32.9 Å². The van der Waals surface area contributed by atoms with Gasteiger partial charge in [0.2, 0.25) is 11.8 Å². The highest BCUT2D eigenvalue weighted by atomic mass is 32.2. The van der Waals surface area contributed by atoms with Crippen LogP contribution < -0.4 is 19.1 Å². The van der Waals surface area contributed by atoms with Crippen LogP contribution in [-0.4, -0.2) is 58.0 Å². The van der Waals surface area contributed by atoms with E-state index >= 15 is 0 Å². The molecule has 10 heteroatoms. The van der Waals surface area contributed by atoms with Gasteiger partial charge in [0.1, 0.15) is 24.1 Å². The van der Waals surface area contributed by atoms with E-state index in [-0.39, 0.29) is 23.0 Å². The highest BCUT2D eigenvalue weighted by Crippen LogP contribution is 2.33. The summed E-state index contributed by atoms with van der Waals surface area (Å²) < 4.78 is 40.4. The van der Waals surface area contributed by atoms with E-state index in [9.17, 15) is 18.0 Å². The second-order valence-corrected chi connectivity index (χ2v) is 12.0. The molecule has 0 aliphatic rings. The summed E-state index contributed by atoms with van der Waals surface area (Å²) in [5.41, 5.74) is 1.92. The van der Waals surface area contributed by atoms with Crippen LogP contribution in [0.4, 0.5) is 5.69 Å². The number of benzene rings is 3. The van der Waals surface area contributed by atoms with E-state index in [0.717, 1.165) is 28.3 Å². The van der Waals surface area contributed by atoms with Gasteiger partial charge in [-0.25, -0.2) is 8.42 Å². The molecule has 0 radical (unpaired) electrons. The van der Waals surface area contributed by atoms with Crippen LogP contribution in [-0.2, 0) is 26.2 Å². The van der Waals surface area contributed by atoms with E-state index in [1.165, 1.54) is 17.0 Å². The van der Waals surface area contributed by atoms with Crippen LogP contribution in [0, 0.1) is 6.92 Å². The summed E-state index contributed by atoms with van der Waals surface area (Å²) in [4.78, 5) is 29.1. The molecule has 1 atom stereocenters. The molecule has 2 amide bonds. The molecule has 232 valence electrons. The molecule has 3 aromatic rings. The van der Waals surface area contributed by atoms with E-state index in [4.69, 9.17) is 9.47 Å². The number of aryl methyl sites for hydroxylation is 1. The monoisotopic (exact) mass is 609 g/mol. The number of sulfonamides is 1. The average Bonchev–Trinajstić information content (AvgIpc) is 3.01. The molecule has 0 unspecified atom stereocenters. The predicted molar refractivity (Wildman–Crippen MR) is 169 cm³/mol. The maximum Gasteiger partial charge on any atom is 0.264 e. The number of nitrogens with zero attached hydrogens (tertiary/aromatic N) is 2. The van der Waals surface area contributed by atoms with E-state index in [2.05, 4.69) is 5.32 Å². The van der Waals surface area contributed by atoms with Gasteiger partial charge in [-0.15, -0.1) is 0 Å². The second kappa shape index (κ2) is 16.0. The van der Waals surface area contributed by atoms with Crippen LogP contribution in [0.25, 0.3) is 0 Å². The number of hydrogen-bond donors (Lipinski definition) is 1. The third-order valence-electron chi connectivity index (χ3n) is 7.05. The zero-order chi connectivity index (χ0) is 31.4. The number of methoxy groups -OCH3 is 1. The Labute approximate surface area is 255 Å². The lowest BCUT2D eigenvalue weighted by Gasteiger charge is -2.33. The molecule has 0 aromatic heterocycles. The minimum absolute atomic E-state index is 0.0447. The highest BCUT2D eigenvalue weighted by molar-refractivity contribution is 7.92. The molecule has 3 rings (SSSR count). The Morgan fingerprint density at radius 2 is 1.60 bits per heavy atom. The van der Waals surface area contributed by atoms with Crippen molar-refractivity contribution in [2.75, 3.05) is 31.1 Å². The first kappa shape index (κ1) is 33.5. The number of rotatable bonds is 16. The SMILES string of the molecule is CCCCNC(=O)[C@@H](CC)N(Cc1ccc(OC)cc1)C(=O)CN(c1ccccc1OCC)S(=O)(=O)c1ccc(C)cc1. The largest absolute Gasteiger partial charge is 0.497 e. The molecule has 1 N–H and O–H groups in total. The number of carbonyl (C=O) groups excluding carboxylic acids is 2. The van der Waals surface area contributed by atoms with Crippen LogP contribution in [0.5, 0.6) is 11.5 Å². The molecule has 0 heterocycles. The summed E-state index contributed by atoms with van der Waals surface area (Å²) in [6, 6.07) is 19.6. The summed E-state index contributed by atoms with van der Waals surface area (Å²) in [7, 11) is -2.63. The Morgan fingerprint density at radius 3 is 2.21 bits per heavy atom. The van der Waals surface area contributed by atoms with Crippen molar-refractivity contribution in [3.05, 3.63) is 83.9 Å². The summed E-state index contributed by atoms with van der Waals surface area (Å²) in [5, 5.41) is 2.94. The standard InChI is InChI=1S/C33H43N3O6S/c1-6-9-22-34-33(38)29(7-2)35(23-26-16-18-27(41-5)19-17-26)32(37)24-36(30-12-10-11-13-31(30)42-8-3)43(39,40)28-20-14-25(4)15-21-28/h10-21,29H,6-9,22-24H2,1-5H3,(H,34,38)/t29-/m1/s1. The van der Waals surface area contributed by atoms with Gasteiger partial charge in [-0.05, 0) is 68.7 Å². The fourth-order valence-corrected chi connectivity index (χ4v) is 6.07. The molecular formula is C33H43N3O6S. The minimum atomic E-state index is -4.20. The lowest BCUT2D eigenvalue weighted by molar-refractivity contribution is -0.140. The van der Waals surface area contributed by atoms with Gasteiger partial charge < -0.3 is 19.7 Å². The molecule has 3 aromatic carbocycles. The topological polar surface area (TPSA) is 105 Å². The molecule has 0 saturated carbocycles. The first-order valence-corrected chi connectivity index (χ1v) is 16.1. The fraction of sp³-hybridized carbons (Fsp3) is 0.394. The Hall–Kier alpha value is -4.05. The van der Waals surface area contributed by atoms with Gasteiger partial charge >= 0.3 is 0 Å². The van der Waals surface area contributed by atoms with Crippen molar-refractivity contribution in [3.8, 4) is 11.5 Å². The van der Waals surface area contributed by atoms with E-state index in [0.29, 0.717) is 31.1 Å². The fourth-order valence-electron chi connectivity index (χ4n) is 4.64. The maximum atomic E-state index is 14.3. The van der Waals surface area contributed by atoms with Crippen molar-refractivity contribution >= 4 is 27.5 Å². The third-order valence-corrected chi connectivity index (χ3v) is 8.82. The van der Waals surface area contributed by atoms with Crippen LogP contribution in [0.1, 0.15) is 51.2 Å². The van der Waals surface area contributed by atoms with Crippen molar-refractivity contribution in [3.63, 3.8) is 0 Å². The van der Waals surface area contributed by atoms with E-state index in [1.54, 1.807) is 62.6 Å². The van der Waals surface area contributed by atoms with Gasteiger partial charge in [-0.3, -0.25) is 13.9 Å². The maximum absolute atomic E-state index is 14.3. The lowest BCUT2D eigenvalue weighted by atomic mass is 10.1. The van der Waals surface area contributed by atoms with Crippen molar-refractivity contribution in [2.45, 2.75) is 64.4 Å². The normalized spacial score (nSPS) is 11.8. The molecular weight excluding hydrogens is 566 g/mol. The van der Waals surface area contributed by atoms with Crippen LogP contribution in [0.15, 0.2) is 77.7 Å². The lowest BCUT2D eigenvalue weighted by Crippen LogP contribution is -2.52. The Kier molecular flexibility index (Phi) is 12.4. The van der Waals surface area contributed by atoms with Gasteiger partial charge in [0.15, 0.2) is 0 Å². The number of ether oxygens (including phenoxy) is 2. The molecule has 0 spiro atoms. The number of amides is 2.